The molecule has 0 radical (unpaired) electrons. The Kier molecular flexibility index (Phi) is 4.59. The fourth-order valence-corrected chi connectivity index (χ4v) is 4.66. The lowest BCUT2D eigenvalue weighted by Gasteiger charge is -2.40. The Hall–Kier alpha value is -3.12. The van der Waals surface area contributed by atoms with Gasteiger partial charge >= 0.3 is 0 Å². The van der Waals surface area contributed by atoms with Crippen LogP contribution in [0.1, 0.15) is 5.56 Å². The van der Waals surface area contributed by atoms with Gasteiger partial charge < -0.3 is 14.5 Å². The lowest BCUT2D eigenvalue weighted by atomic mass is 9.98. The molecule has 0 N–H and O–H groups in total. The van der Waals surface area contributed by atoms with Gasteiger partial charge in [0.25, 0.3) is 0 Å². The summed E-state index contributed by atoms with van der Waals surface area (Å²) in [6.07, 6.45) is 2.94. The number of amides is 1. The second-order valence-electron chi connectivity index (χ2n) is 7.62. The van der Waals surface area contributed by atoms with E-state index in [0.717, 1.165) is 33.4 Å². The van der Waals surface area contributed by atoms with Crippen LogP contribution < -0.4 is 9.64 Å². The highest BCUT2D eigenvalue weighted by molar-refractivity contribution is 6.36. The van der Waals surface area contributed by atoms with E-state index in [2.05, 4.69) is 40.5 Å². The van der Waals surface area contributed by atoms with E-state index in [1.54, 1.807) is 11.2 Å². The van der Waals surface area contributed by atoms with Gasteiger partial charge in [-0.15, -0.1) is 0 Å². The third-order valence-electron chi connectivity index (χ3n) is 5.90. The van der Waals surface area contributed by atoms with Crippen LogP contribution in [0, 0.1) is 6.92 Å². The number of aryl methyl sites for hydroxylation is 1. The zero-order chi connectivity index (χ0) is 20.8. The van der Waals surface area contributed by atoms with Gasteiger partial charge in [0.1, 0.15) is 18.8 Å². The van der Waals surface area contributed by atoms with Crippen molar-refractivity contribution in [3.63, 3.8) is 0 Å². The summed E-state index contributed by atoms with van der Waals surface area (Å²) in [6, 6.07) is 10.1. The average molecular weight is 421 g/mol. The predicted molar refractivity (Wildman–Crippen MR) is 118 cm³/mol. The molecular weight excluding hydrogens is 400 g/mol. The van der Waals surface area contributed by atoms with Crippen molar-refractivity contribution in [3.8, 4) is 16.9 Å². The number of fused-ring (bicyclic) bond motifs is 2. The van der Waals surface area contributed by atoms with E-state index in [1.807, 2.05) is 18.2 Å². The van der Waals surface area contributed by atoms with E-state index in [0.29, 0.717) is 37.0 Å². The van der Waals surface area contributed by atoms with Crippen LogP contribution in [-0.4, -0.2) is 53.1 Å². The molecule has 1 atom stereocenters. The summed E-state index contributed by atoms with van der Waals surface area (Å²) < 4.78 is 6.27. The summed E-state index contributed by atoms with van der Waals surface area (Å²) >= 11 is 6.89. The van der Waals surface area contributed by atoms with E-state index in [1.165, 1.54) is 6.08 Å². The Labute approximate surface area is 179 Å². The van der Waals surface area contributed by atoms with Gasteiger partial charge in [-0.05, 0) is 30.2 Å². The van der Waals surface area contributed by atoms with Gasteiger partial charge in [0.05, 0.1) is 22.0 Å². The Morgan fingerprint density at radius 3 is 2.90 bits per heavy atom. The smallest absolute Gasteiger partial charge is 0.246 e. The molecule has 0 spiro atoms. The van der Waals surface area contributed by atoms with Crippen molar-refractivity contribution >= 4 is 34.2 Å². The summed E-state index contributed by atoms with van der Waals surface area (Å²) in [7, 11) is 0. The van der Waals surface area contributed by atoms with E-state index in [-0.39, 0.29) is 11.9 Å². The van der Waals surface area contributed by atoms with Crippen LogP contribution in [0.15, 0.2) is 49.3 Å². The summed E-state index contributed by atoms with van der Waals surface area (Å²) in [4.78, 5) is 25.2. The maximum Gasteiger partial charge on any atom is 0.246 e. The SMILES string of the molecule is C=CC(=O)N1CCN2c3ncnc4cc(-c5ccccc5C)c(Cl)c(c34)OC[C@@H]2C1. The number of ether oxygens (including phenoxy) is 1. The first-order valence-electron chi connectivity index (χ1n) is 9.92. The summed E-state index contributed by atoms with van der Waals surface area (Å²) in [5, 5.41) is 1.39. The minimum Gasteiger partial charge on any atom is -0.489 e. The molecule has 0 unspecified atom stereocenters. The van der Waals surface area contributed by atoms with Crippen LogP contribution in [0.4, 0.5) is 5.82 Å². The first-order chi connectivity index (χ1) is 14.6. The second-order valence-corrected chi connectivity index (χ2v) is 8.00. The fraction of sp³-hybridized carbons (Fsp3) is 0.261. The Balaban J connectivity index is 1.65. The van der Waals surface area contributed by atoms with E-state index >= 15 is 0 Å². The van der Waals surface area contributed by atoms with Gasteiger partial charge in [0, 0.05) is 25.2 Å². The number of benzene rings is 2. The molecule has 3 heterocycles. The predicted octanol–water partition coefficient (Wildman–Crippen LogP) is 3.85. The topological polar surface area (TPSA) is 58.6 Å². The van der Waals surface area contributed by atoms with Gasteiger partial charge in [-0.25, -0.2) is 9.97 Å². The number of carbonyl (C=O) groups is 1. The minimum absolute atomic E-state index is 0.0221. The first-order valence-corrected chi connectivity index (χ1v) is 10.3. The second kappa shape index (κ2) is 7.29. The van der Waals surface area contributed by atoms with Crippen molar-refractivity contribution < 1.29 is 9.53 Å². The molecule has 1 amide bonds. The Morgan fingerprint density at radius 1 is 1.27 bits per heavy atom. The molecule has 5 rings (SSSR count). The Morgan fingerprint density at radius 2 is 2.10 bits per heavy atom. The first kappa shape index (κ1) is 18.9. The van der Waals surface area contributed by atoms with Gasteiger partial charge in [0.2, 0.25) is 5.91 Å². The lowest BCUT2D eigenvalue weighted by molar-refractivity contribution is -0.126. The van der Waals surface area contributed by atoms with Crippen LogP contribution >= 0.6 is 11.6 Å². The number of aromatic nitrogens is 2. The summed E-state index contributed by atoms with van der Waals surface area (Å²) in [6.45, 7) is 7.89. The average Bonchev–Trinajstić information content (AvgIpc) is 2.94. The van der Waals surface area contributed by atoms with Crippen LogP contribution in [0.25, 0.3) is 22.0 Å². The molecule has 6 nitrogen and oxygen atoms in total. The van der Waals surface area contributed by atoms with Crippen LogP contribution in [-0.2, 0) is 4.79 Å². The van der Waals surface area contributed by atoms with Crippen LogP contribution in [0.5, 0.6) is 5.75 Å². The third-order valence-corrected chi connectivity index (χ3v) is 6.27. The normalized spacial score (nSPS) is 17.9. The summed E-state index contributed by atoms with van der Waals surface area (Å²) in [5.74, 6) is 1.35. The molecule has 2 aliphatic rings. The molecule has 7 heteroatoms. The van der Waals surface area contributed by atoms with Crippen molar-refractivity contribution in [1.82, 2.24) is 14.9 Å². The third kappa shape index (κ3) is 2.91. The number of halogens is 1. The van der Waals surface area contributed by atoms with E-state index < -0.39 is 0 Å². The number of nitrogens with zero attached hydrogens (tertiary/aromatic N) is 4. The summed E-state index contributed by atoms with van der Waals surface area (Å²) in [5.41, 5.74) is 3.87. The van der Waals surface area contributed by atoms with Crippen molar-refractivity contribution in [3.05, 3.63) is 59.9 Å². The minimum atomic E-state index is -0.0656. The van der Waals surface area contributed by atoms with Crippen molar-refractivity contribution in [2.75, 3.05) is 31.1 Å². The molecule has 1 aromatic heterocycles. The van der Waals surface area contributed by atoms with Crippen molar-refractivity contribution in [1.29, 1.82) is 0 Å². The molecule has 1 saturated heterocycles. The van der Waals surface area contributed by atoms with Crippen LogP contribution in [0.2, 0.25) is 5.02 Å². The largest absolute Gasteiger partial charge is 0.489 e. The van der Waals surface area contributed by atoms with Gasteiger partial charge in [-0.3, -0.25) is 4.79 Å². The molecule has 0 bridgehead atoms. The van der Waals surface area contributed by atoms with Crippen LogP contribution in [0.3, 0.4) is 0 Å². The number of hydrogen-bond acceptors (Lipinski definition) is 5. The number of rotatable bonds is 2. The molecule has 2 aliphatic heterocycles. The molecule has 2 aromatic carbocycles. The standard InChI is InChI=1S/C23H21ClN4O2/c1-3-19(29)27-8-9-28-15(11-27)12-30-22-20-18(25-13-26-23(20)28)10-17(21(22)24)16-7-5-4-6-14(16)2/h3-7,10,13,15H,1,8-9,11-12H2,2H3/t15-/m0/s1. The highest BCUT2D eigenvalue weighted by Crippen LogP contribution is 2.46. The lowest BCUT2D eigenvalue weighted by Crippen LogP contribution is -2.56. The Bertz CT molecular complexity index is 1180. The van der Waals surface area contributed by atoms with Crippen molar-refractivity contribution in [2.45, 2.75) is 13.0 Å². The highest BCUT2D eigenvalue weighted by atomic mass is 35.5. The fourth-order valence-electron chi connectivity index (χ4n) is 4.36. The van der Waals surface area contributed by atoms with E-state index in [9.17, 15) is 4.79 Å². The van der Waals surface area contributed by atoms with E-state index in [4.69, 9.17) is 16.3 Å². The monoisotopic (exact) mass is 420 g/mol. The maximum atomic E-state index is 12.1. The van der Waals surface area contributed by atoms with Gasteiger partial charge in [-0.1, -0.05) is 42.4 Å². The molecule has 0 aliphatic carbocycles. The van der Waals surface area contributed by atoms with Gasteiger partial charge in [-0.2, -0.15) is 0 Å². The molecular formula is C23H21ClN4O2. The zero-order valence-electron chi connectivity index (χ0n) is 16.6. The number of anilines is 1. The molecule has 30 heavy (non-hydrogen) atoms. The number of carbonyl (C=O) groups excluding carboxylic acids is 1. The quantitative estimate of drug-likeness (QED) is 0.589. The van der Waals surface area contributed by atoms with Crippen molar-refractivity contribution in [2.24, 2.45) is 0 Å². The van der Waals surface area contributed by atoms with Gasteiger partial charge in [0.15, 0.2) is 5.75 Å². The molecule has 0 saturated carbocycles. The number of piperazine rings is 1. The maximum absolute atomic E-state index is 12.1. The number of hydrogen-bond donors (Lipinski definition) is 0. The molecule has 1 fully saturated rings. The molecule has 152 valence electrons. The highest BCUT2D eigenvalue weighted by Gasteiger charge is 2.35. The molecule has 3 aromatic rings. The zero-order valence-corrected chi connectivity index (χ0v) is 17.4.